The van der Waals surface area contributed by atoms with E-state index in [-0.39, 0.29) is 23.5 Å². The van der Waals surface area contributed by atoms with Crippen LogP contribution in [0.1, 0.15) is 65.6 Å². The molecule has 1 aromatic heterocycles. The number of methoxy groups -OCH3 is 1. The lowest BCUT2D eigenvalue weighted by molar-refractivity contribution is -0.137. The van der Waals surface area contributed by atoms with Crippen LogP contribution >= 0.6 is 0 Å². The zero-order valence-corrected chi connectivity index (χ0v) is 26.8. The lowest BCUT2D eigenvalue weighted by atomic mass is 9.86. The number of halogens is 3. The van der Waals surface area contributed by atoms with E-state index < -0.39 is 23.7 Å². The average molecular weight is 650 g/mol. The molecule has 0 saturated carbocycles. The van der Waals surface area contributed by atoms with E-state index in [0.717, 1.165) is 50.2 Å². The van der Waals surface area contributed by atoms with Crippen LogP contribution in [-0.2, 0) is 20.5 Å². The number of ether oxygens (including phenoxy) is 1. The number of piperidine rings is 1. The van der Waals surface area contributed by atoms with Gasteiger partial charge in [0.1, 0.15) is 6.33 Å². The topological polar surface area (TPSA) is 136 Å². The number of piperazine rings is 1. The highest BCUT2D eigenvalue weighted by Gasteiger charge is 2.41. The van der Waals surface area contributed by atoms with Gasteiger partial charge in [-0.05, 0) is 58.2 Å². The van der Waals surface area contributed by atoms with Gasteiger partial charge in [-0.2, -0.15) is 13.2 Å². The third kappa shape index (κ3) is 9.33. The third-order valence-electron chi connectivity index (χ3n) is 8.73. The zero-order chi connectivity index (χ0) is 34.2. The quantitative estimate of drug-likeness (QED) is 0.400. The number of amides is 1. The predicted molar refractivity (Wildman–Crippen MR) is 163 cm³/mol. The minimum atomic E-state index is -4.35. The molecule has 2 fully saturated rings. The van der Waals surface area contributed by atoms with Crippen molar-refractivity contribution in [2.45, 2.75) is 64.3 Å². The van der Waals surface area contributed by atoms with Gasteiger partial charge in [-0.25, -0.2) is 19.6 Å². The molecule has 2 aliphatic rings. The number of carbonyl (C=O) groups excluding carboxylic acids is 1. The summed E-state index contributed by atoms with van der Waals surface area (Å²) in [5, 5.41) is 15.6. The number of aromatic nitrogens is 2. The highest BCUT2D eigenvalue weighted by Crippen LogP contribution is 2.35. The molecule has 2 N–H and O–H groups in total. The Hall–Kier alpha value is -3.88. The number of aryl methyl sites for hydroxylation is 2. The van der Waals surface area contributed by atoms with Crippen LogP contribution in [0.3, 0.4) is 0 Å². The first-order valence-electron chi connectivity index (χ1n) is 15.0. The van der Waals surface area contributed by atoms with Crippen molar-refractivity contribution < 1.29 is 42.5 Å². The number of carboxylic acids is 2. The van der Waals surface area contributed by atoms with Crippen LogP contribution in [-0.4, -0.2) is 111 Å². The molecule has 2 saturated heterocycles. The molecule has 0 aliphatic carbocycles. The summed E-state index contributed by atoms with van der Waals surface area (Å²) in [6.45, 7) is 12.4. The molecule has 1 amide bonds. The summed E-state index contributed by atoms with van der Waals surface area (Å²) in [5.74, 6) is -2.51. The summed E-state index contributed by atoms with van der Waals surface area (Å²) in [5.41, 5.74) is 2.18. The number of carbonyl (C=O) groups is 3. The van der Waals surface area contributed by atoms with Gasteiger partial charge in [0.25, 0.3) is 5.91 Å². The van der Waals surface area contributed by atoms with E-state index in [0.29, 0.717) is 48.8 Å². The Morgan fingerprint density at radius 3 is 2.00 bits per heavy atom. The third-order valence-corrected chi connectivity index (χ3v) is 8.73. The minimum Gasteiger partial charge on any atom is -0.478 e. The van der Waals surface area contributed by atoms with Crippen LogP contribution in [0.2, 0.25) is 0 Å². The molecular weight excluding hydrogens is 607 g/mol. The van der Waals surface area contributed by atoms with E-state index in [1.54, 1.807) is 19.2 Å². The number of carboxylic acid groups (broad SMARTS) is 2. The van der Waals surface area contributed by atoms with Crippen molar-refractivity contribution in [1.82, 2.24) is 24.7 Å². The summed E-state index contributed by atoms with van der Waals surface area (Å²) < 4.78 is 44.7. The number of rotatable bonds is 8. The molecule has 0 radical (unpaired) electrons. The van der Waals surface area contributed by atoms with Gasteiger partial charge in [-0.3, -0.25) is 14.6 Å². The van der Waals surface area contributed by atoms with Crippen molar-refractivity contribution in [2.24, 2.45) is 0 Å². The number of hydrogen-bond donors (Lipinski definition) is 2. The monoisotopic (exact) mass is 649 g/mol. The Morgan fingerprint density at radius 2 is 1.54 bits per heavy atom. The van der Waals surface area contributed by atoms with Crippen molar-refractivity contribution in [3.05, 3.63) is 70.8 Å². The molecule has 0 unspecified atom stereocenters. The molecule has 11 nitrogen and oxygen atoms in total. The largest absolute Gasteiger partial charge is 0.478 e. The van der Waals surface area contributed by atoms with Crippen molar-refractivity contribution in [2.75, 3.05) is 46.4 Å². The van der Waals surface area contributed by atoms with Gasteiger partial charge < -0.3 is 19.8 Å². The van der Waals surface area contributed by atoms with Gasteiger partial charge in [0.05, 0.1) is 35.2 Å². The fourth-order valence-corrected chi connectivity index (χ4v) is 6.07. The van der Waals surface area contributed by atoms with Crippen LogP contribution in [0, 0.1) is 13.8 Å². The normalized spacial score (nSPS) is 19.7. The van der Waals surface area contributed by atoms with Gasteiger partial charge in [-0.1, -0.05) is 12.1 Å². The Bertz CT molecular complexity index is 1360. The van der Waals surface area contributed by atoms with Crippen LogP contribution in [0.15, 0.2) is 42.7 Å². The Balaban J connectivity index is 0.000000637. The number of alkyl halides is 3. The highest BCUT2D eigenvalue weighted by atomic mass is 19.4. The minimum absolute atomic E-state index is 0.000198. The van der Waals surface area contributed by atoms with E-state index in [9.17, 15) is 27.6 Å². The van der Waals surface area contributed by atoms with Crippen LogP contribution in [0.4, 0.5) is 13.2 Å². The maximum atomic E-state index is 13.2. The molecule has 2 atom stereocenters. The van der Waals surface area contributed by atoms with Crippen molar-refractivity contribution in [3.63, 3.8) is 0 Å². The second kappa shape index (κ2) is 15.6. The SMILES string of the molecule is COC[C@@H](c1ccc(C(F)(F)F)cc1)N1CCN(C2(C)CCN(C(=O)c3c(C)ncnc3C)CC2)C[C@H]1C.O=C(O)/C=C/C(=O)O. The Kier molecular flexibility index (Phi) is 12.4. The number of benzene rings is 1. The maximum absolute atomic E-state index is 13.2. The summed E-state index contributed by atoms with van der Waals surface area (Å²) in [7, 11) is 1.62. The van der Waals surface area contributed by atoms with E-state index in [4.69, 9.17) is 14.9 Å². The molecule has 0 spiro atoms. The predicted octanol–water partition coefficient (Wildman–Crippen LogP) is 4.21. The standard InChI is InChI=1S/C28H38F3N5O2.C4H4O4/c1-19-16-35(14-15-36(19)24(17-38-5)22-6-8-23(9-7-22)28(29,30)31)27(4)10-12-34(13-11-27)26(37)25-20(2)32-18-33-21(25)3;5-3(6)1-2-4(7)8/h6-9,18-19,24H,10-17H2,1-5H3;1-2H,(H,5,6)(H,7,8)/b;2-1+/t19-,24+;/m1./s1. The van der Waals surface area contributed by atoms with Gasteiger partial charge >= 0.3 is 18.1 Å². The Morgan fingerprint density at radius 1 is 1.00 bits per heavy atom. The molecule has 3 heterocycles. The first kappa shape index (κ1) is 36.6. The van der Waals surface area contributed by atoms with Crippen molar-refractivity contribution in [1.29, 1.82) is 0 Å². The average Bonchev–Trinajstić information content (AvgIpc) is 2.99. The van der Waals surface area contributed by atoms with Crippen molar-refractivity contribution in [3.8, 4) is 0 Å². The van der Waals surface area contributed by atoms with Crippen LogP contribution < -0.4 is 0 Å². The van der Waals surface area contributed by atoms with Crippen LogP contribution in [0.5, 0.6) is 0 Å². The molecule has 252 valence electrons. The molecule has 2 aliphatic heterocycles. The number of aliphatic carboxylic acids is 2. The van der Waals surface area contributed by atoms with E-state index in [1.807, 2.05) is 18.7 Å². The second-order valence-electron chi connectivity index (χ2n) is 11.8. The molecular formula is C32H42F3N5O6. The number of nitrogens with zero attached hydrogens (tertiary/aromatic N) is 5. The smallest absolute Gasteiger partial charge is 0.416 e. The van der Waals surface area contributed by atoms with E-state index >= 15 is 0 Å². The van der Waals surface area contributed by atoms with Crippen LogP contribution in [0.25, 0.3) is 0 Å². The summed E-state index contributed by atoms with van der Waals surface area (Å²) in [6.07, 6.45) is 0.000613. The maximum Gasteiger partial charge on any atom is 0.416 e. The first-order chi connectivity index (χ1) is 21.6. The molecule has 4 rings (SSSR count). The van der Waals surface area contributed by atoms with Crippen molar-refractivity contribution >= 4 is 17.8 Å². The first-order valence-corrected chi connectivity index (χ1v) is 15.0. The zero-order valence-electron chi connectivity index (χ0n) is 26.8. The molecule has 0 bridgehead atoms. The molecule has 14 heteroatoms. The van der Waals surface area contributed by atoms with E-state index in [2.05, 4.69) is 33.6 Å². The second-order valence-corrected chi connectivity index (χ2v) is 11.8. The summed E-state index contributed by atoms with van der Waals surface area (Å²) in [4.78, 5) is 47.5. The summed E-state index contributed by atoms with van der Waals surface area (Å²) in [6, 6.07) is 5.52. The lowest BCUT2D eigenvalue weighted by Gasteiger charge is -2.52. The lowest BCUT2D eigenvalue weighted by Crippen LogP contribution is -2.62. The fourth-order valence-electron chi connectivity index (χ4n) is 6.07. The molecule has 46 heavy (non-hydrogen) atoms. The Labute approximate surface area is 266 Å². The van der Waals surface area contributed by atoms with Gasteiger partial charge in [0.15, 0.2) is 0 Å². The fraction of sp³-hybridized carbons (Fsp3) is 0.531. The van der Waals surface area contributed by atoms with Gasteiger partial charge in [0.2, 0.25) is 0 Å². The number of hydrogen-bond acceptors (Lipinski definition) is 8. The van der Waals surface area contributed by atoms with Gasteiger partial charge in [-0.15, -0.1) is 0 Å². The molecule has 2 aromatic rings. The highest BCUT2D eigenvalue weighted by molar-refractivity contribution is 5.96. The molecule has 1 aromatic carbocycles. The van der Waals surface area contributed by atoms with E-state index in [1.165, 1.54) is 6.33 Å². The van der Waals surface area contributed by atoms with Gasteiger partial charge in [0, 0.05) is 63.6 Å². The number of likely N-dealkylation sites (tertiary alicyclic amines) is 1. The summed E-state index contributed by atoms with van der Waals surface area (Å²) >= 11 is 0.